The zero-order valence-electron chi connectivity index (χ0n) is 12.5. The molecule has 0 bridgehead atoms. The normalized spacial score (nSPS) is 20.8. The van der Waals surface area contributed by atoms with E-state index in [1.165, 1.54) is 4.90 Å². The predicted octanol–water partition coefficient (Wildman–Crippen LogP) is 3.01. The van der Waals surface area contributed by atoms with E-state index in [9.17, 15) is 4.79 Å². The molecule has 0 aliphatic carbocycles. The molecule has 0 radical (unpaired) electrons. The highest BCUT2D eigenvalue weighted by atomic mass is 127. The second kappa shape index (κ2) is 5.76. The average Bonchev–Trinajstić information content (AvgIpc) is 2.71. The Morgan fingerprint density at radius 1 is 1.30 bits per heavy atom. The molecule has 1 unspecified atom stereocenters. The molecule has 3 rings (SSSR count). The van der Waals surface area contributed by atoms with E-state index in [1.807, 2.05) is 24.3 Å². The van der Waals surface area contributed by atoms with Gasteiger partial charge in [0.25, 0.3) is 5.91 Å². The van der Waals surface area contributed by atoms with Crippen molar-refractivity contribution in [1.82, 2.24) is 9.88 Å². The van der Waals surface area contributed by atoms with Crippen molar-refractivity contribution in [3.05, 3.63) is 50.7 Å². The van der Waals surface area contributed by atoms with Gasteiger partial charge in [0.15, 0.2) is 11.5 Å². The van der Waals surface area contributed by atoms with E-state index in [2.05, 4.69) is 32.6 Å². The van der Waals surface area contributed by atoms with Crippen LogP contribution in [0.5, 0.6) is 0 Å². The van der Waals surface area contributed by atoms with E-state index in [4.69, 9.17) is 17.3 Å². The molecule has 1 aromatic carbocycles. The van der Waals surface area contributed by atoms with Gasteiger partial charge in [-0.25, -0.2) is 4.99 Å². The summed E-state index contributed by atoms with van der Waals surface area (Å²) in [7, 11) is 1.62. The van der Waals surface area contributed by atoms with Crippen LogP contribution < -0.4 is 5.73 Å². The second-order valence-electron chi connectivity index (χ2n) is 5.49. The van der Waals surface area contributed by atoms with Crippen molar-refractivity contribution in [2.45, 2.75) is 12.5 Å². The molecular weight excluding hydrogens is 427 g/mol. The third-order valence-electron chi connectivity index (χ3n) is 3.88. The van der Waals surface area contributed by atoms with Gasteiger partial charge in [0.1, 0.15) is 0 Å². The summed E-state index contributed by atoms with van der Waals surface area (Å²) < 4.78 is 1.02. The van der Waals surface area contributed by atoms with E-state index in [0.29, 0.717) is 5.02 Å². The summed E-state index contributed by atoms with van der Waals surface area (Å²) in [6, 6.07) is 9.35. The molecule has 0 saturated carbocycles. The number of rotatable bonds is 2. The molecule has 2 heterocycles. The third kappa shape index (κ3) is 2.81. The van der Waals surface area contributed by atoms with Crippen LogP contribution in [0, 0.1) is 3.57 Å². The Hall–Kier alpha value is -1.67. The average molecular weight is 441 g/mol. The quantitative estimate of drug-likeness (QED) is 0.730. The molecular formula is C16H14ClIN4O. The lowest BCUT2D eigenvalue weighted by Crippen LogP contribution is -2.38. The van der Waals surface area contributed by atoms with Gasteiger partial charge in [-0.15, -0.1) is 0 Å². The van der Waals surface area contributed by atoms with Crippen LogP contribution in [-0.4, -0.2) is 28.8 Å². The molecule has 5 nitrogen and oxygen atoms in total. The van der Waals surface area contributed by atoms with Gasteiger partial charge in [-0.2, -0.15) is 0 Å². The number of carbonyl (C=O) groups excluding carboxylic acids is 1. The van der Waals surface area contributed by atoms with Crippen LogP contribution in [0.25, 0.3) is 11.3 Å². The number of likely N-dealkylation sites (N-methyl/N-ethyl adjacent to an activating group) is 1. The van der Waals surface area contributed by atoms with Crippen molar-refractivity contribution in [2.75, 3.05) is 7.05 Å². The predicted molar refractivity (Wildman–Crippen MR) is 99.1 cm³/mol. The fourth-order valence-electron chi connectivity index (χ4n) is 2.56. The summed E-state index contributed by atoms with van der Waals surface area (Å²) in [5.41, 5.74) is 7.14. The van der Waals surface area contributed by atoms with Gasteiger partial charge in [0.2, 0.25) is 0 Å². The van der Waals surface area contributed by atoms with Crippen LogP contribution >= 0.6 is 34.2 Å². The van der Waals surface area contributed by atoms with Crippen LogP contribution in [0.1, 0.15) is 12.5 Å². The highest BCUT2D eigenvalue weighted by molar-refractivity contribution is 14.1. The molecule has 1 amide bonds. The number of nitrogens with two attached hydrogens (primary N) is 1. The van der Waals surface area contributed by atoms with Crippen LogP contribution in [0.4, 0.5) is 0 Å². The van der Waals surface area contributed by atoms with Crippen molar-refractivity contribution in [3.8, 4) is 11.3 Å². The largest absolute Gasteiger partial charge is 0.369 e. The molecule has 7 heteroatoms. The first-order valence-corrected chi connectivity index (χ1v) is 8.33. The topological polar surface area (TPSA) is 71.6 Å². The van der Waals surface area contributed by atoms with Crippen molar-refractivity contribution < 1.29 is 4.79 Å². The smallest absolute Gasteiger partial charge is 0.261 e. The summed E-state index contributed by atoms with van der Waals surface area (Å²) in [6.45, 7) is 1.76. The second-order valence-corrected chi connectivity index (χ2v) is 7.18. The zero-order chi connectivity index (χ0) is 16.8. The first-order valence-electron chi connectivity index (χ1n) is 6.88. The molecule has 0 saturated heterocycles. The van der Waals surface area contributed by atoms with Gasteiger partial charge in [-0.3, -0.25) is 14.7 Å². The highest BCUT2D eigenvalue weighted by Gasteiger charge is 2.43. The lowest BCUT2D eigenvalue weighted by molar-refractivity contribution is -0.130. The van der Waals surface area contributed by atoms with Crippen LogP contribution in [0.3, 0.4) is 0 Å². The van der Waals surface area contributed by atoms with E-state index in [0.717, 1.165) is 20.4 Å². The minimum Gasteiger partial charge on any atom is -0.369 e. The molecule has 2 aromatic rings. The summed E-state index contributed by atoms with van der Waals surface area (Å²) in [5.74, 6) is 0.0565. The maximum atomic E-state index is 12.5. The Balaban J connectivity index is 2.09. The zero-order valence-corrected chi connectivity index (χ0v) is 15.5. The number of carbonyl (C=O) groups is 1. The lowest BCUT2D eigenvalue weighted by Gasteiger charge is -2.20. The van der Waals surface area contributed by atoms with Crippen LogP contribution in [-0.2, 0) is 10.3 Å². The standard InChI is InChI=1S/C16H14ClIN4O/c1-16(14(23)22(2)15(19)21-16)10-3-4-20-13(7-10)9-5-11(17)8-12(18)6-9/h3-8H,1-2H3,(H2,19,21). The van der Waals surface area contributed by atoms with Gasteiger partial charge in [-0.1, -0.05) is 11.6 Å². The first kappa shape index (κ1) is 16.2. The highest BCUT2D eigenvalue weighted by Crippen LogP contribution is 2.34. The van der Waals surface area contributed by atoms with Gasteiger partial charge >= 0.3 is 0 Å². The molecule has 1 aromatic heterocycles. The van der Waals surface area contributed by atoms with E-state index in [1.54, 1.807) is 26.2 Å². The maximum Gasteiger partial charge on any atom is 0.261 e. The van der Waals surface area contributed by atoms with Gasteiger partial charge in [-0.05, 0) is 65.4 Å². The third-order valence-corrected chi connectivity index (χ3v) is 4.72. The monoisotopic (exact) mass is 440 g/mol. The number of guanidine groups is 1. The molecule has 1 atom stereocenters. The summed E-state index contributed by atoms with van der Waals surface area (Å²) in [6.07, 6.45) is 1.67. The summed E-state index contributed by atoms with van der Waals surface area (Å²) in [4.78, 5) is 22.6. The lowest BCUT2D eigenvalue weighted by atomic mass is 9.92. The number of aliphatic imine (C=N–C) groups is 1. The van der Waals surface area contributed by atoms with Gasteiger partial charge < -0.3 is 5.73 Å². The number of nitrogens with zero attached hydrogens (tertiary/aromatic N) is 3. The number of benzene rings is 1. The van der Waals surface area contributed by atoms with Crippen LogP contribution in [0.15, 0.2) is 41.5 Å². The van der Waals surface area contributed by atoms with Crippen molar-refractivity contribution in [2.24, 2.45) is 10.7 Å². The Kier molecular flexibility index (Phi) is 4.05. The number of pyridine rings is 1. The minimum atomic E-state index is -1.03. The van der Waals surface area contributed by atoms with E-state index >= 15 is 0 Å². The fourth-order valence-corrected chi connectivity index (χ4v) is 3.65. The minimum absolute atomic E-state index is 0.159. The molecule has 2 N–H and O–H groups in total. The van der Waals surface area contributed by atoms with Crippen molar-refractivity contribution >= 4 is 46.1 Å². The van der Waals surface area contributed by atoms with E-state index < -0.39 is 5.54 Å². The molecule has 1 aliphatic heterocycles. The summed E-state index contributed by atoms with van der Waals surface area (Å²) >= 11 is 8.33. The van der Waals surface area contributed by atoms with E-state index in [-0.39, 0.29) is 11.9 Å². The number of amides is 1. The van der Waals surface area contributed by atoms with Gasteiger partial charge in [0, 0.05) is 27.4 Å². The van der Waals surface area contributed by atoms with Crippen molar-refractivity contribution in [3.63, 3.8) is 0 Å². The van der Waals surface area contributed by atoms with Crippen molar-refractivity contribution in [1.29, 1.82) is 0 Å². The number of hydrogen-bond donors (Lipinski definition) is 1. The molecule has 23 heavy (non-hydrogen) atoms. The SMILES string of the molecule is CN1C(=O)C(C)(c2ccnc(-c3cc(Cl)cc(I)c3)c2)N=C1N. The van der Waals surface area contributed by atoms with Crippen LogP contribution in [0.2, 0.25) is 5.02 Å². The molecule has 0 spiro atoms. The maximum absolute atomic E-state index is 12.5. The molecule has 1 aliphatic rings. The Labute approximate surface area is 152 Å². The number of halogens is 2. The van der Waals surface area contributed by atoms with Gasteiger partial charge in [0.05, 0.1) is 5.69 Å². The Morgan fingerprint density at radius 3 is 2.65 bits per heavy atom. The summed E-state index contributed by atoms with van der Waals surface area (Å²) in [5, 5.41) is 0.643. The Bertz CT molecular complexity index is 818. The molecule has 0 fully saturated rings. The first-order chi connectivity index (χ1) is 10.8. The molecule has 118 valence electrons. The number of hydrogen-bond acceptors (Lipinski definition) is 4. The Morgan fingerprint density at radius 2 is 2.04 bits per heavy atom. The number of aromatic nitrogens is 1. The fraction of sp³-hybridized carbons (Fsp3) is 0.188.